The van der Waals surface area contributed by atoms with Gasteiger partial charge in [0.1, 0.15) is 11.4 Å². The maximum Gasteiger partial charge on any atom is 0.341 e. The summed E-state index contributed by atoms with van der Waals surface area (Å²) in [5, 5.41) is 6.70. The molecule has 122 valence electrons. The van der Waals surface area contributed by atoms with Gasteiger partial charge in [-0.15, -0.1) is 0 Å². The fourth-order valence-electron chi connectivity index (χ4n) is 2.83. The molecule has 2 rings (SSSR count). The topological polar surface area (TPSA) is 72.5 Å². The Kier molecular flexibility index (Phi) is 6.15. The van der Waals surface area contributed by atoms with Crippen LogP contribution in [0.4, 0.5) is 5.82 Å². The number of carbonyl (C=O) groups excluding carboxylic acids is 1. The third-order valence-electron chi connectivity index (χ3n) is 4.05. The maximum absolute atomic E-state index is 12.0. The molecule has 2 N–H and O–H groups in total. The van der Waals surface area contributed by atoms with E-state index in [0.717, 1.165) is 32.5 Å². The summed E-state index contributed by atoms with van der Waals surface area (Å²) in [4.78, 5) is 16.3. The smallest absolute Gasteiger partial charge is 0.341 e. The highest BCUT2D eigenvalue weighted by molar-refractivity contribution is 5.94. The molecule has 0 radical (unpaired) electrons. The Labute approximate surface area is 131 Å². The molecule has 0 aromatic carbocycles. The molecule has 1 aromatic heterocycles. The van der Waals surface area contributed by atoms with Crippen LogP contribution in [0.2, 0.25) is 0 Å². The number of carbonyl (C=O) groups is 1. The molecule has 0 spiro atoms. The van der Waals surface area contributed by atoms with E-state index in [1.54, 1.807) is 32.4 Å². The largest absolute Gasteiger partial charge is 0.462 e. The van der Waals surface area contributed by atoms with Crippen molar-refractivity contribution in [3.05, 3.63) is 23.9 Å². The predicted molar refractivity (Wildman–Crippen MR) is 85.1 cm³/mol. The number of nitrogens with one attached hydrogen (secondary N) is 2. The zero-order valence-corrected chi connectivity index (χ0v) is 13.4. The molecule has 0 aliphatic carbocycles. The van der Waals surface area contributed by atoms with Crippen LogP contribution in [0.25, 0.3) is 0 Å². The molecule has 1 aliphatic rings. The average molecular weight is 307 g/mol. The number of hydrogen-bond donors (Lipinski definition) is 2. The summed E-state index contributed by atoms with van der Waals surface area (Å²) in [7, 11) is 1.73. The number of esters is 1. The van der Waals surface area contributed by atoms with Gasteiger partial charge in [-0.2, -0.15) is 0 Å². The monoisotopic (exact) mass is 307 g/mol. The fraction of sp³-hybridized carbons (Fsp3) is 0.625. The van der Waals surface area contributed by atoms with Gasteiger partial charge in [-0.25, -0.2) is 9.78 Å². The SMILES string of the molecule is CCOC(=O)c1cccnc1NCC1(COC)CCNCC1. The molecule has 2 heterocycles. The summed E-state index contributed by atoms with van der Waals surface area (Å²) in [6.07, 6.45) is 3.75. The van der Waals surface area contributed by atoms with Crippen LogP contribution in [0.5, 0.6) is 0 Å². The van der Waals surface area contributed by atoms with Gasteiger partial charge in [0, 0.05) is 25.3 Å². The summed E-state index contributed by atoms with van der Waals surface area (Å²) < 4.78 is 10.5. The van der Waals surface area contributed by atoms with E-state index in [1.165, 1.54) is 0 Å². The highest BCUT2D eigenvalue weighted by Gasteiger charge is 2.32. The van der Waals surface area contributed by atoms with E-state index in [1.807, 2.05) is 0 Å². The van der Waals surface area contributed by atoms with Gasteiger partial charge < -0.3 is 20.1 Å². The Bertz CT molecular complexity index is 482. The third-order valence-corrected chi connectivity index (χ3v) is 4.05. The molecule has 1 saturated heterocycles. The number of rotatable bonds is 7. The molecule has 0 amide bonds. The van der Waals surface area contributed by atoms with Gasteiger partial charge in [-0.3, -0.25) is 0 Å². The normalized spacial score (nSPS) is 17.0. The van der Waals surface area contributed by atoms with E-state index < -0.39 is 0 Å². The van der Waals surface area contributed by atoms with Crippen molar-refractivity contribution in [2.75, 3.05) is 45.3 Å². The molecule has 6 nitrogen and oxygen atoms in total. The van der Waals surface area contributed by atoms with Crippen molar-refractivity contribution >= 4 is 11.8 Å². The van der Waals surface area contributed by atoms with E-state index in [-0.39, 0.29) is 11.4 Å². The minimum Gasteiger partial charge on any atom is -0.462 e. The van der Waals surface area contributed by atoms with Crippen molar-refractivity contribution in [1.29, 1.82) is 0 Å². The summed E-state index contributed by atoms with van der Waals surface area (Å²) in [6, 6.07) is 3.48. The molecule has 1 fully saturated rings. The second-order valence-electron chi connectivity index (χ2n) is 5.66. The fourth-order valence-corrected chi connectivity index (χ4v) is 2.83. The number of anilines is 1. The van der Waals surface area contributed by atoms with Crippen molar-refractivity contribution in [2.45, 2.75) is 19.8 Å². The van der Waals surface area contributed by atoms with E-state index in [2.05, 4.69) is 15.6 Å². The zero-order chi connectivity index (χ0) is 15.8. The molecule has 0 unspecified atom stereocenters. The molecule has 22 heavy (non-hydrogen) atoms. The van der Waals surface area contributed by atoms with E-state index >= 15 is 0 Å². The first kappa shape index (κ1) is 16.7. The molecule has 0 bridgehead atoms. The first-order valence-corrected chi connectivity index (χ1v) is 7.76. The molecular weight excluding hydrogens is 282 g/mol. The van der Waals surface area contributed by atoms with Crippen molar-refractivity contribution in [2.24, 2.45) is 5.41 Å². The molecule has 6 heteroatoms. The van der Waals surface area contributed by atoms with Crippen molar-refractivity contribution in [1.82, 2.24) is 10.3 Å². The Morgan fingerprint density at radius 3 is 2.91 bits per heavy atom. The lowest BCUT2D eigenvalue weighted by Crippen LogP contribution is -2.44. The highest BCUT2D eigenvalue weighted by atomic mass is 16.5. The Morgan fingerprint density at radius 1 is 1.45 bits per heavy atom. The molecule has 0 saturated carbocycles. The van der Waals surface area contributed by atoms with Crippen LogP contribution in [0.1, 0.15) is 30.1 Å². The van der Waals surface area contributed by atoms with Crippen molar-refractivity contribution in [3.8, 4) is 0 Å². The molecule has 0 atom stereocenters. The number of pyridine rings is 1. The molecular formula is C16H25N3O3. The van der Waals surface area contributed by atoms with Crippen LogP contribution in [0, 0.1) is 5.41 Å². The number of ether oxygens (including phenoxy) is 2. The van der Waals surface area contributed by atoms with Crippen LogP contribution in [-0.4, -0.2) is 50.9 Å². The number of piperidine rings is 1. The van der Waals surface area contributed by atoms with Crippen LogP contribution in [0.15, 0.2) is 18.3 Å². The van der Waals surface area contributed by atoms with E-state index in [9.17, 15) is 4.79 Å². The summed E-state index contributed by atoms with van der Waals surface area (Å²) in [5.41, 5.74) is 0.551. The van der Waals surface area contributed by atoms with Crippen molar-refractivity contribution in [3.63, 3.8) is 0 Å². The maximum atomic E-state index is 12.0. The number of hydrogen-bond acceptors (Lipinski definition) is 6. The lowest BCUT2D eigenvalue weighted by molar-refractivity contribution is 0.0526. The Morgan fingerprint density at radius 2 is 2.23 bits per heavy atom. The Balaban J connectivity index is 2.08. The summed E-state index contributed by atoms with van der Waals surface area (Å²) in [6.45, 7) is 5.54. The van der Waals surface area contributed by atoms with Crippen LogP contribution < -0.4 is 10.6 Å². The molecule has 1 aromatic rings. The summed E-state index contributed by atoms with van der Waals surface area (Å²) >= 11 is 0. The number of aromatic nitrogens is 1. The zero-order valence-electron chi connectivity index (χ0n) is 13.4. The lowest BCUT2D eigenvalue weighted by atomic mass is 9.79. The van der Waals surface area contributed by atoms with Gasteiger partial charge in [0.2, 0.25) is 0 Å². The first-order chi connectivity index (χ1) is 10.7. The van der Waals surface area contributed by atoms with Crippen LogP contribution in [-0.2, 0) is 9.47 Å². The van der Waals surface area contributed by atoms with E-state index in [0.29, 0.717) is 24.6 Å². The second-order valence-corrected chi connectivity index (χ2v) is 5.66. The van der Waals surface area contributed by atoms with E-state index in [4.69, 9.17) is 9.47 Å². The van der Waals surface area contributed by atoms with Gasteiger partial charge in [0.05, 0.1) is 13.2 Å². The third kappa shape index (κ3) is 4.18. The quantitative estimate of drug-likeness (QED) is 0.747. The van der Waals surface area contributed by atoms with Crippen LogP contribution in [0.3, 0.4) is 0 Å². The first-order valence-electron chi connectivity index (χ1n) is 7.76. The van der Waals surface area contributed by atoms with Gasteiger partial charge in [-0.05, 0) is 45.0 Å². The number of nitrogens with zero attached hydrogens (tertiary/aromatic N) is 1. The van der Waals surface area contributed by atoms with Gasteiger partial charge in [0.25, 0.3) is 0 Å². The average Bonchev–Trinajstić information content (AvgIpc) is 2.55. The molecule has 1 aliphatic heterocycles. The second kappa shape index (κ2) is 8.10. The highest BCUT2D eigenvalue weighted by Crippen LogP contribution is 2.29. The summed E-state index contributed by atoms with van der Waals surface area (Å²) in [5.74, 6) is 0.235. The van der Waals surface area contributed by atoms with Gasteiger partial charge >= 0.3 is 5.97 Å². The standard InChI is InChI=1S/C16H25N3O3/c1-3-22-15(20)13-5-4-8-18-14(13)19-11-16(12-21-2)6-9-17-10-7-16/h4-5,8,17H,3,6-7,9-12H2,1-2H3,(H,18,19). The van der Waals surface area contributed by atoms with Gasteiger partial charge in [-0.1, -0.05) is 0 Å². The van der Waals surface area contributed by atoms with Crippen molar-refractivity contribution < 1.29 is 14.3 Å². The minimum absolute atomic E-state index is 0.0729. The van der Waals surface area contributed by atoms with Crippen LogP contribution >= 0.6 is 0 Å². The Hall–Kier alpha value is -1.66. The predicted octanol–water partition coefficient (Wildman–Crippen LogP) is 1.69. The lowest BCUT2D eigenvalue weighted by Gasteiger charge is -2.37. The number of methoxy groups -OCH3 is 1. The minimum atomic E-state index is -0.343. The van der Waals surface area contributed by atoms with Gasteiger partial charge in [0.15, 0.2) is 0 Å².